The molecule has 0 bridgehead atoms. The lowest BCUT2D eigenvalue weighted by atomic mass is 10.2. The highest BCUT2D eigenvalue weighted by Crippen LogP contribution is 2.30. The summed E-state index contributed by atoms with van der Waals surface area (Å²) in [5.74, 6) is 0.208. The summed E-state index contributed by atoms with van der Waals surface area (Å²) in [5.41, 5.74) is 2.49. The Labute approximate surface area is 210 Å². The van der Waals surface area contributed by atoms with Crippen molar-refractivity contribution in [3.05, 3.63) is 66.5 Å². The molecule has 0 aliphatic carbocycles. The third kappa shape index (κ3) is 4.47. The molecule has 188 valence electrons. The fraction of sp³-hybridized carbons (Fsp3) is 0.240. The number of para-hydroxylation sites is 2. The van der Waals surface area contributed by atoms with Crippen LogP contribution >= 0.6 is 0 Å². The predicted molar refractivity (Wildman–Crippen MR) is 131 cm³/mol. The quantitative estimate of drug-likeness (QED) is 0.340. The van der Waals surface area contributed by atoms with Crippen LogP contribution in [-0.2, 0) is 11.8 Å². The van der Waals surface area contributed by atoms with E-state index in [1.54, 1.807) is 42.1 Å². The van der Waals surface area contributed by atoms with Crippen LogP contribution in [0.2, 0.25) is 0 Å². The number of benzene rings is 2. The molecule has 0 N–H and O–H groups in total. The van der Waals surface area contributed by atoms with E-state index in [1.807, 2.05) is 35.2 Å². The number of hydrogen-bond acceptors (Lipinski definition) is 8. The number of halogens is 2. The molecule has 10 nitrogen and oxygen atoms in total. The number of nitrogens with zero attached hydrogens (tertiary/aromatic N) is 8. The van der Waals surface area contributed by atoms with Gasteiger partial charge in [-0.05, 0) is 12.1 Å². The van der Waals surface area contributed by atoms with Crippen LogP contribution in [0.5, 0.6) is 11.9 Å². The van der Waals surface area contributed by atoms with Gasteiger partial charge in [-0.25, -0.2) is 18.4 Å². The van der Waals surface area contributed by atoms with Gasteiger partial charge < -0.3 is 14.4 Å². The van der Waals surface area contributed by atoms with Crippen molar-refractivity contribution in [1.29, 1.82) is 0 Å². The summed E-state index contributed by atoms with van der Waals surface area (Å²) in [4.78, 5) is 19.5. The average Bonchev–Trinajstić information content (AvgIpc) is 3.50. The van der Waals surface area contributed by atoms with Crippen molar-refractivity contribution in [2.24, 2.45) is 7.05 Å². The van der Waals surface area contributed by atoms with Crippen molar-refractivity contribution in [2.45, 2.75) is 6.43 Å². The van der Waals surface area contributed by atoms with Crippen molar-refractivity contribution >= 4 is 17.0 Å². The fourth-order valence-electron chi connectivity index (χ4n) is 4.18. The zero-order valence-electron chi connectivity index (χ0n) is 19.8. The van der Waals surface area contributed by atoms with Gasteiger partial charge in [-0.15, -0.1) is 0 Å². The third-order valence-corrected chi connectivity index (χ3v) is 5.97. The molecule has 1 fully saturated rings. The smallest absolute Gasteiger partial charge is 0.330 e. The summed E-state index contributed by atoms with van der Waals surface area (Å²) in [6.07, 6.45) is -2.84. The number of imidazole rings is 1. The van der Waals surface area contributed by atoms with Crippen LogP contribution in [0.1, 0.15) is 12.2 Å². The number of hydrogen-bond donors (Lipinski definition) is 0. The maximum Gasteiger partial charge on any atom is 0.330 e. The summed E-state index contributed by atoms with van der Waals surface area (Å²) >= 11 is 0. The first-order valence-corrected chi connectivity index (χ1v) is 11.7. The second kappa shape index (κ2) is 9.54. The molecule has 4 heterocycles. The lowest BCUT2D eigenvalue weighted by Crippen LogP contribution is -2.37. The van der Waals surface area contributed by atoms with Crippen molar-refractivity contribution in [2.75, 3.05) is 31.2 Å². The molecule has 0 saturated carbocycles. The van der Waals surface area contributed by atoms with E-state index in [9.17, 15) is 8.78 Å². The highest BCUT2D eigenvalue weighted by molar-refractivity contribution is 5.77. The first kappa shape index (κ1) is 23.0. The Morgan fingerprint density at radius 2 is 1.62 bits per heavy atom. The number of aryl methyl sites for hydroxylation is 1. The highest BCUT2D eigenvalue weighted by atomic mass is 19.3. The van der Waals surface area contributed by atoms with Crippen LogP contribution in [-0.4, -0.2) is 60.6 Å². The van der Waals surface area contributed by atoms with E-state index in [4.69, 9.17) is 9.47 Å². The van der Waals surface area contributed by atoms with Crippen molar-refractivity contribution < 1.29 is 18.3 Å². The monoisotopic (exact) mass is 504 g/mol. The number of morpholine rings is 1. The van der Waals surface area contributed by atoms with Gasteiger partial charge in [0.1, 0.15) is 0 Å². The molecule has 1 aliphatic rings. The second-order valence-corrected chi connectivity index (χ2v) is 8.37. The van der Waals surface area contributed by atoms with Gasteiger partial charge in [0, 0.05) is 31.8 Å². The first-order valence-electron chi connectivity index (χ1n) is 11.7. The first-order chi connectivity index (χ1) is 18.1. The van der Waals surface area contributed by atoms with Gasteiger partial charge in [-0.3, -0.25) is 4.57 Å². The van der Waals surface area contributed by atoms with Gasteiger partial charge in [0.25, 0.3) is 6.43 Å². The van der Waals surface area contributed by atoms with Gasteiger partial charge in [-0.1, -0.05) is 42.5 Å². The number of ether oxygens (including phenoxy) is 2. The molecule has 5 aromatic rings. The van der Waals surface area contributed by atoms with E-state index in [0.717, 1.165) is 5.56 Å². The molecule has 0 atom stereocenters. The minimum atomic E-state index is -2.84. The molecular weight excluding hydrogens is 482 g/mol. The molecule has 0 radical (unpaired) electrons. The molecule has 0 spiro atoms. The molecular formula is C25H22F2N8O2. The van der Waals surface area contributed by atoms with Crippen LogP contribution < -0.4 is 9.64 Å². The third-order valence-electron chi connectivity index (χ3n) is 5.97. The van der Waals surface area contributed by atoms with Gasteiger partial charge >= 0.3 is 6.01 Å². The summed E-state index contributed by atoms with van der Waals surface area (Å²) in [5, 5.41) is 4.52. The summed E-state index contributed by atoms with van der Waals surface area (Å²) in [6.45, 7) is 2.07. The van der Waals surface area contributed by atoms with E-state index >= 15 is 0 Å². The minimum absolute atomic E-state index is 0.0130. The van der Waals surface area contributed by atoms with Crippen LogP contribution in [0, 0.1) is 0 Å². The maximum absolute atomic E-state index is 14.0. The Morgan fingerprint density at radius 3 is 2.41 bits per heavy atom. The standard InChI is InChI=1S/C25H22F2N8O2/c1-33-20(15-18(32-33)16-7-3-2-4-8-16)37-25-30-23(34-11-13-36-14-12-34)29-24(31-25)35-19-10-6-5-9-17(19)28-22(35)21(26)27/h2-10,15,21H,11-14H2,1H3. The SMILES string of the molecule is Cn1nc(-c2ccccc2)cc1Oc1nc(N2CCOCC2)nc(-n2c(C(F)F)nc3ccccc32)n1. The topological polar surface area (TPSA) is 96.0 Å². The largest absolute Gasteiger partial charge is 0.405 e. The van der Waals surface area contributed by atoms with E-state index in [1.165, 1.54) is 4.57 Å². The molecule has 6 rings (SSSR count). The lowest BCUT2D eigenvalue weighted by molar-refractivity contribution is 0.122. The van der Waals surface area contributed by atoms with Gasteiger partial charge in [0.05, 0.1) is 29.9 Å². The summed E-state index contributed by atoms with van der Waals surface area (Å²) in [7, 11) is 1.74. The van der Waals surface area contributed by atoms with Gasteiger partial charge in [-0.2, -0.15) is 20.1 Å². The zero-order chi connectivity index (χ0) is 25.4. The molecule has 1 aliphatic heterocycles. The van der Waals surface area contributed by atoms with Crippen LogP contribution in [0.3, 0.4) is 0 Å². The molecule has 3 aromatic heterocycles. The number of alkyl halides is 2. The fourth-order valence-corrected chi connectivity index (χ4v) is 4.18. The van der Waals surface area contributed by atoms with Crippen molar-refractivity contribution in [3.63, 3.8) is 0 Å². The average molecular weight is 505 g/mol. The molecule has 0 unspecified atom stereocenters. The predicted octanol–water partition coefficient (Wildman–Crippen LogP) is 4.18. The molecule has 12 heteroatoms. The van der Waals surface area contributed by atoms with E-state index < -0.39 is 12.2 Å². The van der Waals surface area contributed by atoms with Gasteiger partial charge in [0.2, 0.25) is 17.8 Å². The Hall–Kier alpha value is -4.45. The highest BCUT2D eigenvalue weighted by Gasteiger charge is 2.25. The Morgan fingerprint density at radius 1 is 0.892 bits per heavy atom. The normalized spacial score (nSPS) is 14.0. The summed E-state index contributed by atoms with van der Waals surface area (Å²) < 4.78 is 42.4. The number of anilines is 1. The van der Waals surface area contributed by atoms with E-state index in [2.05, 4.69) is 25.0 Å². The Bertz CT molecular complexity index is 1550. The zero-order valence-corrected chi connectivity index (χ0v) is 19.8. The van der Waals surface area contributed by atoms with Crippen LogP contribution in [0.25, 0.3) is 28.2 Å². The molecule has 2 aromatic carbocycles. The van der Waals surface area contributed by atoms with Crippen molar-refractivity contribution in [3.8, 4) is 29.1 Å². The minimum Gasteiger partial charge on any atom is -0.405 e. The Balaban J connectivity index is 1.46. The molecule has 0 amide bonds. The van der Waals surface area contributed by atoms with Gasteiger partial charge in [0.15, 0.2) is 5.82 Å². The van der Waals surface area contributed by atoms with Crippen molar-refractivity contribution in [1.82, 2.24) is 34.3 Å². The number of aromatic nitrogens is 7. The number of fused-ring (bicyclic) bond motifs is 1. The molecule has 1 saturated heterocycles. The van der Waals surface area contributed by atoms with E-state index in [0.29, 0.717) is 54.9 Å². The lowest BCUT2D eigenvalue weighted by Gasteiger charge is -2.27. The molecule has 37 heavy (non-hydrogen) atoms. The Kier molecular flexibility index (Phi) is 5.93. The number of rotatable bonds is 6. The second-order valence-electron chi connectivity index (χ2n) is 8.37. The van der Waals surface area contributed by atoms with E-state index in [-0.39, 0.29) is 12.0 Å². The summed E-state index contributed by atoms with van der Waals surface area (Å²) in [6, 6.07) is 18.2. The maximum atomic E-state index is 14.0. The van der Waals surface area contributed by atoms with Crippen LogP contribution in [0.15, 0.2) is 60.7 Å². The van der Waals surface area contributed by atoms with Crippen LogP contribution in [0.4, 0.5) is 14.7 Å².